The Hall–Kier alpha value is -3.68. The minimum absolute atomic E-state index is 0.0690. The van der Waals surface area contributed by atoms with Crippen LogP contribution < -0.4 is 16.2 Å². The van der Waals surface area contributed by atoms with Gasteiger partial charge in [0.1, 0.15) is 5.82 Å². The van der Waals surface area contributed by atoms with Crippen LogP contribution in [-0.4, -0.2) is 36.2 Å². The third-order valence-electron chi connectivity index (χ3n) is 5.46. The van der Waals surface area contributed by atoms with Crippen molar-refractivity contribution in [1.82, 2.24) is 24.1 Å². The Bertz CT molecular complexity index is 1230. The van der Waals surface area contributed by atoms with Gasteiger partial charge in [-0.05, 0) is 62.1 Å². The van der Waals surface area contributed by atoms with E-state index in [9.17, 15) is 4.79 Å². The number of aromatic nitrogens is 5. The number of aryl methyl sites for hydroxylation is 1. The quantitative estimate of drug-likeness (QED) is 0.534. The lowest BCUT2D eigenvalue weighted by molar-refractivity contribution is 0.716. The second-order valence-electron chi connectivity index (χ2n) is 7.75. The lowest BCUT2D eigenvalue weighted by Gasteiger charge is -2.15. The number of anilines is 2. The Kier molecular flexibility index (Phi) is 4.66. The number of nitrogens with one attached hydrogen (secondary N) is 2. The average molecular weight is 401 g/mol. The zero-order valence-electron chi connectivity index (χ0n) is 16.7. The molecular weight excluding hydrogens is 378 g/mol. The van der Waals surface area contributed by atoms with Crippen LogP contribution >= 0.6 is 0 Å². The predicted octanol–water partition coefficient (Wildman–Crippen LogP) is 3.03. The van der Waals surface area contributed by atoms with Crippen molar-refractivity contribution in [2.45, 2.75) is 38.3 Å². The van der Waals surface area contributed by atoms with Gasteiger partial charge in [0.15, 0.2) is 5.65 Å². The summed E-state index contributed by atoms with van der Waals surface area (Å²) in [4.78, 5) is 21.0. The third-order valence-corrected chi connectivity index (χ3v) is 5.46. The fourth-order valence-electron chi connectivity index (χ4n) is 3.93. The Morgan fingerprint density at radius 3 is 2.70 bits per heavy atom. The van der Waals surface area contributed by atoms with E-state index >= 15 is 0 Å². The van der Waals surface area contributed by atoms with E-state index in [0.717, 1.165) is 36.4 Å². The molecule has 2 N–H and O–H groups in total. The van der Waals surface area contributed by atoms with Gasteiger partial charge >= 0.3 is 0 Å². The summed E-state index contributed by atoms with van der Waals surface area (Å²) < 4.78 is 3.37. The van der Waals surface area contributed by atoms with Gasteiger partial charge in [-0.15, -0.1) is 5.10 Å². The second-order valence-corrected chi connectivity index (χ2v) is 7.75. The van der Waals surface area contributed by atoms with Crippen molar-refractivity contribution < 1.29 is 0 Å². The second kappa shape index (κ2) is 7.62. The first-order valence-corrected chi connectivity index (χ1v) is 10.1. The first-order chi connectivity index (χ1) is 14.6. The van der Waals surface area contributed by atoms with E-state index in [0.29, 0.717) is 18.0 Å². The van der Waals surface area contributed by atoms with Crippen LogP contribution in [0.25, 0.3) is 11.3 Å². The topological polar surface area (TPSA) is 89.1 Å². The van der Waals surface area contributed by atoms with Gasteiger partial charge in [-0.3, -0.25) is 9.36 Å². The molecule has 0 aromatic carbocycles. The van der Waals surface area contributed by atoms with E-state index in [1.54, 1.807) is 27.5 Å². The van der Waals surface area contributed by atoms with E-state index in [4.69, 9.17) is 0 Å². The van der Waals surface area contributed by atoms with E-state index in [2.05, 4.69) is 25.7 Å². The zero-order chi connectivity index (χ0) is 20.5. The summed E-state index contributed by atoms with van der Waals surface area (Å²) >= 11 is 0. The predicted molar refractivity (Wildman–Crippen MR) is 116 cm³/mol. The largest absolute Gasteiger partial charge is 0.367 e. The maximum Gasteiger partial charge on any atom is 0.255 e. The molecule has 0 bridgehead atoms. The molecule has 1 aliphatic rings. The average Bonchev–Trinajstić information content (AvgIpc) is 3.35. The van der Waals surface area contributed by atoms with Crippen LogP contribution in [0.5, 0.6) is 0 Å². The molecule has 0 radical (unpaired) electrons. The monoisotopic (exact) mass is 401 g/mol. The van der Waals surface area contributed by atoms with Crippen molar-refractivity contribution in [2.24, 2.45) is 0 Å². The van der Waals surface area contributed by atoms with E-state index in [1.807, 2.05) is 43.5 Å². The van der Waals surface area contributed by atoms with Gasteiger partial charge in [0.05, 0.1) is 11.9 Å². The lowest BCUT2D eigenvalue weighted by Crippen LogP contribution is -2.21. The number of fused-ring (bicyclic) bond motifs is 1. The SMILES string of the molecule is Cc1ccn2nc(N[C@H]3CC[C@H](Nc4ccc(-n5ccccc5=O)cn4)C3)nc2c1. The van der Waals surface area contributed by atoms with Crippen LogP contribution in [0.2, 0.25) is 0 Å². The minimum Gasteiger partial charge on any atom is -0.367 e. The smallest absolute Gasteiger partial charge is 0.255 e. The molecule has 2 atom stereocenters. The van der Waals surface area contributed by atoms with Gasteiger partial charge in [-0.1, -0.05) is 6.07 Å². The van der Waals surface area contributed by atoms with Crippen molar-refractivity contribution in [1.29, 1.82) is 0 Å². The van der Waals surface area contributed by atoms with Gasteiger partial charge in [0.25, 0.3) is 5.56 Å². The molecule has 4 aromatic heterocycles. The number of nitrogens with zero attached hydrogens (tertiary/aromatic N) is 5. The Morgan fingerprint density at radius 2 is 1.90 bits per heavy atom. The van der Waals surface area contributed by atoms with E-state index in [-0.39, 0.29) is 5.56 Å². The molecule has 30 heavy (non-hydrogen) atoms. The molecule has 5 rings (SSSR count). The molecule has 0 spiro atoms. The number of pyridine rings is 3. The van der Waals surface area contributed by atoms with Crippen LogP contribution in [0.4, 0.5) is 11.8 Å². The highest BCUT2D eigenvalue weighted by Crippen LogP contribution is 2.25. The minimum atomic E-state index is -0.0690. The molecule has 0 unspecified atom stereocenters. The number of hydrogen-bond acceptors (Lipinski definition) is 6. The van der Waals surface area contributed by atoms with Gasteiger partial charge in [0, 0.05) is 30.5 Å². The summed E-state index contributed by atoms with van der Waals surface area (Å²) in [6, 6.07) is 13.6. The van der Waals surface area contributed by atoms with Gasteiger partial charge in [0.2, 0.25) is 5.95 Å². The molecule has 1 fully saturated rings. The van der Waals surface area contributed by atoms with Gasteiger partial charge < -0.3 is 10.6 Å². The molecule has 152 valence electrons. The van der Waals surface area contributed by atoms with Crippen LogP contribution in [0.3, 0.4) is 0 Å². The third kappa shape index (κ3) is 3.76. The highest BCUT2D eigenvalue weighted by molar-refractivity contribution is 5.46. The lowest BCUT2D eigenvalue weighted by atomic mass is 10.2. The summed E-state index contributed by atoms with van der Waals surface area (Å²) in [6.45, 7) is 2.05. The first kappa shape index (κ1) is 18.4. The standard InChI is InChI=1S/C22H23N7O/c1-15-9-11-29-20(12-15)26-22(27-29)25-17-6-5-16(13-17)24-19-8-7-18(14-23-19)28-10-3-2-4-21(28)30/h2-4,7-12,14,16-17H,5-6,13H2,1H3,(H,23,24)(H,25,27)/t16-,17-/m0/s1. The highest BCUT2D eigenvalue weighted by Gasteiger charge is 2.25. The summed E-state index contributed by atoms with van der Waals surface area (Å²) in [7, 11) is 0. The molecule has 0 amide bonds. The van der Waals surface area contributed by atoms with E-state index in [1.165, 1.54) is 11.6 Å². The Morgan fingerprint density at radius 1 is 1.03 bits per heavy atom. The molecule has 1 saturated carbocycles. The molecular formula is C22H23N7O. The van der Waals surface area contributed by atoms with Crippen molar-refractivity contribution in [3.8, 4) is 5.69 Å². The van der Waals surface area contributed by atoms with Crippen LogP contribution in [0, 0.1) is 6.92 Å². The van der Waals surface area contributed by atoms with Crippen LogP contribution in [-0.2, 0) is 0 Å². The molecule has 8 nitrogen and oxygen atoms in total. The Balaban J connectivity index is 1.21. The molecule has 0 saturated heterocycles. The maximum absolute atomic E-state index is 11.9. The van der Waals surface area contributed by atoms with Crippen molar-refractivity contribution >= 4 is 17.4 Å². The highest BCUT2D eigenvalue weighted by atomic mass is 16.1. The summed E-state index contributed by atoms with van der Waals surface area (Å²) in [5.41, 5.74) is 2.71. The molecule has 1 aliphatic carbocycles. The summed E-state index contributed by atoms with van der Waals surface area (Å²) in [5.74, 6) is 1.48. The summed E-state index contributed by atoms with van der Waals surface area (Å²) in [5, 5.41) is 11.5. The van der Waals surface area contributed by atoms with Crippen molar-refractivity contribution in [2.75, 3.05) is 10.6 Å². The molecule has 4 heterocycles. The number of rotatable bonds is 5. The van der Waals surface area contributed by atoms with Crippen LogP contribution in [0.1, 0.15) is 24.8 Å². The fraction of sp³-hybridized carbons (Fsp3) is 0.273. The van der Waals surface area contributed by atoms with Crippen molar-refractivity contribution in [3.05, 3.63) is 77.0 Å². The normalized spacial score (nSPS) is 18.6. The Labute approximate surface area is 173 Å². The fourth-order valence-corrected chi connectivity index (χ4v) is 3.93. The van der Waals surface area contributed by atoms with Crippen LogP contribution in [0.15, 0.2) is 65.8 Å². The number of hydrogen-bond donors (Lipinski definition) is 2. The maximum atomic E-state index is 11.9. The summed E-state index contributed by atoms with van der Waals surface area (Å²) in [6.07, 6.45) is 8.46. The molecule has 0 aliphatic heterocycles. The van der Waals surface area contributed by atoms with Gasteiger partial charge in [-0.2, -0.15) is 4.98 Å². The van der Waals surface area contributed by atoms with E-state index < -0.39 is 0 Å². The zero-order valence-corrected chi connectivity index (χ0v) is 16.7. The first-order valence-electron chi connectivity index (χ1n) is 10.1. The molecule has 4 aromatic rings. The van der Waals surface area contributed by atoms with Crippen molar-refractivity contribution in [3.63, 3.8) is 0 Å². The molecule has 8 heteroatoms. The van der Waals surface area contributed by atoms with Gasteiger partial charge in [-0.25, -0.2) is 9.50 Å².